The molecule has 0 aliphatic carbocycles. The Morgan fingerprint density at radius 3 is 2.21 bits per heavy atom. The van der Waals surface area contributed by atoms with Crippen LogP contribution in [0.4, 0.5) is 5.69 Å². The molecule has 0 saturated carbocycles. The van der Waals surface area contributed by atoms with Crippen molar-refractivity contribution >= 4 is 22.6 Å². The van der Waals surface area contributed by atoms with E-state index in [0.29, 0.717) is 0 Å². The van der Waals surface area contributed by atoms with Crippen molar-refractivity contribution in [3.05, 3.63) is 75.7 Å². The minimum absolute atomic E-state index is 0.0429. The van der Waals surface area contributed by atoms with E-state index in [-0.39, 0.29) is 5.69 Å². The number of hydrogen-bond acceptors (Lipinski definition) is 3. The standard InChI is InChI=1S/C14H11NO3S/c16-15(17)13-8-6-12(7-9-13)10-11-19(18)14-4-2-1-3-5-14/h1-11H/b11-10-. The molecule has 0 bridgehead atoms. The van der Waals surface area contributed by atoms with Gasteiger partial charge in [-0.3, -0.25) is 10.1 Å². The van der Waals surface area contributed by atoms with Gasteiger partial charge in [-0.15, -0.1) is 0 Å². The first-order valence-electron chi connectivity index (χ1n) is 5.55. The van der Waals surface area contributed by atoms with Crippen LogP contribution in [0.3, 0.4) is 0 Å². The number of hydrogen-bond donors (Lipinski definition) is 0. The SMILES string of the molecule is O=[N+]([O-])c1ccc(/C=C\S(=O)c2ccccc2)cc1. The summed E-state index contributed by atoms with van der Waals surface area (Å²) in [7, 11) is -1.21. The zero-order valence-electron chi connectivity index (χ0n) is 9.93. The summed E-state index contributed by atoms with van der Waals surface area (Å²) < 4.78 is 11.9. The van der Waals surface area contributed by atoms with Crippen molar-refractivity contribution in [1.82, 2.24) is 0 Å². The molecule has 0 aromatic heterocycles. The average molecular weight is 273 g/mol. The number of rotatable bonds is 4. The molecule has 1 atom stereocenters. The maximum absolute atomic E-state index is 11.9. The zero-order valence-corrected chi connectivity index (χ0v) is 10.7. The van der Waals surface area contributed by atoms with Crippen molar-refractivity contribution in [2.45, 2.75) is 4.90 Å². The van der Waals surface area contributed by atoms with E-state index < -0.39 is 15.7 Å². The maximum atomic E-state index is 11.9. The summed E-state index contributed by atoms with van der Waals surface area (Å²) in [4.78, 5) is 10.8. The topological polar surface area (TPSA) is 60.2 Å². The molecule has 0 fully saturated rings. The molecule has 96 valence electrons. The van der Waals surface area contributed by atoms with Crippen LogP contribution in [0.1, 0.15) is 5.56 Å². The number of nitro benzene ring substituents is 1. The van der Waals surface area contributed by atoms with E-state index in [1.807, 2.05) is 18.2 Å². The Balaban J connectivity index is 2.10. The third-order valence-corrected chi connectivity index (χ3v) is 3.58. The molecular formula is C14H11NO3S. The van der Waals surface area contributed by atoms with Gasteiger partial charge in [0.2, 0.25) is 0 Å². The Bertz CT molecular complexity index is 621. The molecule has 0 saturated heterocycles. The van der Waals surface area contributed by atoms with Crippen LogP contribution < -0.4 is 0 Å². The lowest BCUT2D eigenvalue weighted by Crippen LogP contribution is -1.87. The molecule has 19 heavy (non-hydrogen) atoms. The molecule has 0 spiro atoms. The van der Waals surface area contributed by atoms with Crippen LogP contribution in [0.25, 0.3) is 6.08 Å². The van der Waals surface area contributed by atoms with Crippen LogP contribution in [0, 0.1) is 10.1 Å². The van der Waals surface area contributed by atoms with Gasteiger partial charge in [0.05, 0.1) is 15.7 Å². The highest BCUT2D eigenvalue weighted by Crippen LogP contribution is 2.14. The summed E-state index contributed by atoms with van der Waals surface area (Å²) in [6, 6.07) is 15.2. The predicted molar refractivity (Wildman–Crippen MR) is 75.0 cm³/mol. The molecule has 4 nitrogen and oxygen atoms in total. The number of non-ortho nitro benzene ring substituents is 1. The van der Waals surface area contributed by atoms with Crippen molar-refractivity contribution in [3.63, 3.8) is 0 Å². The van der Waals surface area contributed by atoms with Crippen LogP contribution in [0.5, 0.6) is 0 Å². The molecule has 0 heterocycles. The summed E-state index contributed by atoms with van der Waals surface area (Å²) >= 11 is 0. The summed E-state index contributed by atoms with van der Waals surface area (Å²) in [5, 5.41) is 12.1. The smallest absolute Gasteiger partial charge is 0.258 e. The first-order valence-corrected chi connectivity index (χ1v) is 6.76. The Morgan fingerprint density at radius 2 is 1.63 bits per heavy atom. The van der Waals surface area contributed by atoms with Gasteiger partial charge in [0.15, 0.2) is 0 Å². The van der Waals surface area contributed by atoms with Gasteiger partial charge in [-0.1, -0.05) is 18.2 Å². The Hall–Kier alpha value is -2.27. The van der Waals surface area contributed by atoms with E-state index in [1.165, 1.54) is 12.1 Å². The van der Waals surface area contributed by atoms with E-state index in [0.717, 1.165) is 10.5 Å². The normalized spacial score (nSPS) is 12.4. The van der Waals surface area contributed by atoms with Gasteiger partial charge in [-0.2, -0.15) is 0 Å². The van der Waals surface area contributed by atoms with Crippen LogP contribution in [-0.2, 0) is 10.8 Å². The van der Waals surface area contributed by atoms with Gasteiger partial charge in [-0.05, 0) is 35.9 Å². The summed E-state index contributed by atoms with van der Waals surface area (Å²) in [6.07, 6.45) is 1.69. The third-order valence-electron chi connectivity index (χ3n) is 2.46. The Morgan fingerprint density at radius 1 is 1.00 bits per heavy atom. The molecule has 0 amide bonds. The zero-order chi connectivity index (χ0) is 13.7. The minimum atomic E-state index is -1.21. The van der Waals surface area contributed by atoms with Crippen molar-refractivity contribution in [2.75, 3.05) is 0 Å². The van der Waals surface area contributed by atoms with Gasteiger partial charge in [0, 0.05) is 22.4 Å². The third kappa shape index (κ3) is 3.59. The fraction of sp³-hybridized carbons (Fsp3) is 0. The molecule has 2 rings (SSSR count). The summed E-state index contributed by atoms with van der Waals surface area (Å²) in [6.45, 7) is 0. The second-order valence-electron chi connectivity index (χ2n) is 3.76. The van der Waals surface area contributed by atoms with E-state index in [2.05, 4.69) is 0 Å². The number of nitrogens with zero attached hydrogens (tertiary/aromatic N) is 1. The quantitative estimate of drug-likeness (QED) is 0.633. The Kier molecular flexibility index (Phi) is 4.20. The van der Waals surface area contributed by atoms with Crippen LogP contribution in [-0.4, -0.2) is 9.13 Å². The van der Waals surface area contributed by atoms with Crippen molar-refractivity contribution in [1.29, 1.82) is 0 Å². The van der Waals surface area contributed by atoms with Crippen LogP contribution in [0.2, 0.25) is 0 Å². The molecule has 2 aromatic carbocycles. The molecule has 0 aliphatic rings. The molecule has 0 radical (unpaired) electrons. The molecule has 0 aliphatic heterocycles. The molecular weight excluding hydrogens is 262 g/mol. The fourth-order valence-corrected chi connectivity index (χ4v) is 2.34. The first kappa shape index (κ1) is 13.2. The van der Waals surface area contributed by atoms with Gasteiger partial charge in [0.25, 0.3) is 5.69 Å². The minimum Gasteiger partial charge on any atom is -0.258 e. The second-order valence-corrected chi connectivity index (χ2v) is 5.10. The second kappa shape index (κ2) is 6.06. The van der Waals surface area contributed by atoms with E-state index >= 15 is 0 Å². The lowest BCUT2D eigenvalue weighted by molar-refractivity contribution is -0.384. The van der Waals surface area contributed by atoms with E-state index in [1.54, 1.807) is 35.7 Å². The molecule has 5 heteroatoms. The first-order chi connectivity index (χ1) is 9.16. The highest BCUT2D eigenvalue weighted by molar-refractivity contribution is 7.88. The monoisotopic (exact) mass is 273 g/mol. The van der Waals surface area contributed by atoms with E-state index in [9.17, 15) is 14.3 Å². The largest absolute Gasteiger partial charge is 0.269 e. The van der Waals surface area contributed by atoms with Crippen molar-refractivity contribution in [2.24, 2.45) is 0 Å². The fourth-order valence-electron chi connectivity index (χ4n) is 1.48. The summed E-state index contributed by atoms with van der Waals surface area (Å²) in [5.41, 5.74) is 0.816. The van der Waals surface area contributed by atoms with E-state index in [4.69, 9.17) is 0 Å². The summed E-state index contributed by atoms with van der Waals surface area (Å²) in [5.74, 6) is 0. The lowest BCUT2D eigenvalue weighted by Gasteiger charge is -1.96. The van der Waals surface area contributed by atoms with Crippen molar-refractivity contribution < 1.29 is 9.13 Å². The van der Waals surface area contributed by atoms with Gasteiger partial charge < -0.3 is 0 Å². The van der Waals surface area contributed by atoms with Gasteiger partial charge in [0.1, 0.15) is 0 Å². The van der Waals surface area contributed by atoms with Gasteiger partial charge >= 0.3 is 0 Å². The average Bonchev–Trinajstić information content (AvgIpc) is 2.46. The maximum Gasteiger partial charge on any atom is 0.269 e. The van der Waals surface area contributed by atoms with Crippen molar-refractivity contribution in [3.8, 4) is 0 Å². The predicted octanol–water partition coefficient (Wildman–Crippen LogP) is 3.37. The molecule has 2 aromatic rings. The lowest BCUT2D eigenvalue weighted by atomic mass is 10.2. The highest BCUT2D eigenvalue weighted by atomic mass is 32.2. The number of nitro groups is 1. The highest BCUT2D eigenvalue weighted by Gasteiger charge is 2.02. The van der Waals surface area contributed by atoms with Crippen LogP contribution in [0.15, 0.2) is 64.9 Å². The molecule has 1 unspecified atom stereocenters. The Labute approximate surface area is 113 Å². The van der Waals surface area contributed by atoms with Gasteiger partial charge in [-0.25, -0.2) is 4.21 Å². The molecule has 0 N–H and O–H groups in total. The number of benzene rings is 2. The van der Waals surface area contributed by atoms with Crippen LogP contribution >= 0.6 is 0 Å².